The number of hydrogen-bond acceptors (Lipinski definition) is 11. The molecule has 0 saturated heterocycles. The van der Waals surface area contributed by atoms with E-state index in [2.05, 4.69) is 4.74 Å². The molecule has 0 saturated carbocycles. The average molecular weight is 649 g/mol. The summed E-state index contributed by atoms with van der Waals surface area (Å²) >= 11 is 0. The second-order valence-corrected chi connectivity index (χ2v) is 9.75. The molecule has 1 aromatic carbocycles. The molecule has 0 aromatic heterocycles. The normalized spacial score (nSPS) is 11.6. The molecule has 0 aliphatic heterocycles. The molecule has 0 aliphatic rings. The fourth-order valence-corrected chi connectivity index (χ4v) is 2.96. The van der Waals surface area contributed by atoms with Gasteiger partial charge in [0.05, 0.1) is 105 Å². The van der Waals surface area contributed by atoms with Crippen molar-refractivity contribution in [3.8, 4) is 5.75 Å². The fourth-order valence-electron chi connectivity index (χ4n) is 2.96. The van der Waals surface area contributed by atoms with Crippen molar-refractivity contribution in [3.63, 3.8) is 0 Å². The van der Waals surface area contributed by atoms with Gasteiger partial charge in [-0.05, 0) is 20.8 Å². The minimum atomic E-state index is -2.35. The quantitative estimate of drug-likeness (QED) is 0.0387. The van der Waals surface area contributed by atoms with E-state index in [4.69, 9.17) is 37.9 Å². The second kappa shape index (κ2) is 23.0. The van der Waals surface area contributed by atoms with Crippen LogP contribution in [-0.2, 0) is 47.5 Å². The van der Waals surface area contributed by atoms with E-state index in [9.17, 15) is 31.5 Å². The van der Waals surface area contributed by atoms with Crippen LogP contribution in [0.15, 0.2) is 0 Å². The van der Waals surface area contributed by atoms with Gasteiger partial charge in [-0.3, -0.25) is 9.59 Å². The third-order valence-electron chi connectivity index (χ3n) is 4.94. The van der Waals surface area contributed by atoms with Crippen LogP contribution in [0.4, 0.5) is 22.0 Å². The number of carbonyl (C=O) groups is 2. The smallest absolute Gasteiger partial charge is 0.313 e. The van der Waals surface area contributed by atoms with E-state index in [-0.39, 0.29) is 45.4 Å². The van der Waals surface area contributed by atoms with Gasteiger partial charge in [0.15, 0.2) is 0 Å². The van der Waals surface area contributed by atoms with Gasteiger partial charge in [0.1, 0.15) is 5.60 Å². The van der Waals surface area contributed by atoms with Crippen molar-refractivity contribution < 1.29 is 74.2 Å². The maximum atomic E-state index is 13.5. The first-order valence-electron chi connectivity index (χ1n) is 13.9. The van der Waals surface area contributed by atoms with Crippen molar-refractivity contribution in [2.45, 2.75) is 39.2 Å². The van der Waals surface area contributed by atoms with Crippen molar-refractivity contribution in [2.24, 2.45) is 0 Å². The van der Waals surface area contributed by atoms with Crippen molar-refractivity contribution in [1.29, 1.82) is 0 Å². The fraction of sp³-hybridized carbons (Fsp3) is 0.714. The average Bonchev–Trinajstić information content (AvgIpc) is 2.96. The summed E-state index contributed by atoms with van der Waals surface area (Å²) < 4.78 is 113. The van der Waals surface area contributed by atoms with Crippen molar-refractivity contribution in [3.05, 3.63) is 29.1 Å². The Morgan fingerprint density at radius 2 is 0.727 bits per heavy atom. The molecule has 44 heavy (non-hydrogen) atoms. The Hall–Kier alpha value is -2.47. The molecule has 254 valence electrons. The molecule has 0 bridgehead atoms. The lowest BCUT2D eigenvalue weighted by atomic mass is 10.2. The van der Waals surface area contributed by atoms with Crippen LogP contribution in [0.5, 0.6) is 5.75 Å². The van der Waals surface area contributed by atoms with E-state index in [1.54, 1.807) is 0 Å². The highest BCUT2D eigenvalue weighted by Crippen LogP contribution is 2.29. The Morgan fingerprint density at radius 3 is 1.05 bits per heavy atom. The van der Waals surface area contributed by atoms with E-state index >= 15 is 0 Å². The molecule has 0 aliphatic carbocycles. The zero-order valence-corrected chi connectivity index (χ0v) is 25.2. The minimum absolute atomic E-state index is 0.0770. The SMILES string of the molecule is CC(C)(C)OC(=O)CCOCCOCCOCCOCCOCCOCCOCCC(=O)Oc1c(F)c(F)c(F)c(F)c1F. The van der Waals surface area contributed by atoms with Crippen LogP contribution in [-0.4, -0.2) is 110 Å². The van der Waals surface area contributed by atoms with Gasteiger partial charge in [-0.25, -0.2) is 13.2 Å². The Kier molecular flexibility index (Phi) is 20.6. The van der Waals surface area contributed by atoms with Crippen LogP contribution in [0.3, 0.4) is 0 Å². The molecule has 1 aromatic rings. The van der Waals surface area contributed by atoms with Gasteiger partial charge >= 0.3 is 11.9 Å². The largest absolute Gasteiger partial charge is 0.460 e. The van der Waals surface area contributed by atoms with Crippen LogP contribution in [0.25, 0.3) is 0 Å². The summed E-state index contributed by atoms with van der Waals surface area (Å²) in [7, 11) is 0. The lowest BCUT2D eigenvalue weighted by molar-refractivity contribution is -0.156. The molecule has 1 rings (SSSR count). The summed E-state index contributed by atoms with van der Waals surface area (Å²) in [6, 6.07) is 0. The van der Waals surface area contributed by atoms with Gasteiger partial charge < -0.3 is 42.6 Å². The van der Waals surface area contributed by atoms with E-state index in [1.165, 1.54) is 0 Å². The molecule has 0 radical (unpaired) electrons. The Balaban J connectivity index is 1.83. The van der Waals surface area contributed by atoms with Crippen molar-refractivity contribution in [2.75, 3.05) is 92.5 Å². The third-order valence-corrected chi connectivity index (χ3v) is 4.94. The number of esters is 2. The maximum Gasteiger partial charge on any atom is 0.313 e. The van der Waals surface area contributed by atoms with Crippen LogP contribution in [0.2, 0.25) is 0 Å². The number of hydrogen-bond donors (Lipinski definition) is 0. The maximum absolute atomic E-state index is 13.5. The molecule has 0 fully saturated rings. The minimum Gasteiger partial charge on any atom is -0.460 e. The second-order valence-electron chi connectivity index (χ2n) is 9.75. The molecular weight excluding hydrogens is 607 g/mol. The van der Waals surface area contributed by atoms with E-state index in [1.807, 2.05) is 20.8 Å². The van der Waals surface area contributed by atoms with Gasteiger partial charge in [-0.15, -0.1) is 0 Å². The number of benzene rings is 1. The lowest BCUT2D eigenvalue weighted by Gasteiger charge is -2.19. The summed E-state index contributed by atoms with van der Waals surface area (Å²) in [5.41, 5.74) is -0.506. The Labute approximate surface area is 253 Å². The van der Waals surface area contributed by atoms with Crippen LogP contribution >= 0.6 is 0 Å². The topological polar surface area (TPSA) is 117 Å². The highest BCUT2D eigenvalue weighted by Gasteiger charge is 2.28. The molecule has 0 heterocycles. The lowest BCUT2D eigenvalue weighted by Crippen LogP contribution is -2.24. The number of ether oxygens (including phenoxy) is 9. The number of rotatable bonds is 25. The third kappa shape index (κ3) is 18.4. The summed E-state index contributed by atoms with van der Waals surface area (Å²) in [5.74, 6) is -14.5. The van der Waals surface area contributed by atoms with Gasteiger partial charge in [0.25, 0.3) is 0 Å². The van der Waals surface area contributed by atoms with Crippen LogP contribution < -0.4 is 4.74 Å². The predicted molar refractivity (Wildman–Crippen MR) is 143 cm³/mol. The zero-order chi connectivity index (χ0) is 32.8. The standard InChI is InChI=1S/C28H41F5O11/c1-28(2,3)44-21(35)5-7-37-9-11-39-13-15-41-17-19-42-18-16-40-14-12-38-10-8-36-6-4-20(34)43-27-25(32)23(30)22(29)24(31)26(27)33/h4-19H2,1-3H3. The van der Waals surface area contributed by atoms with Gasteiger partial charge in [0, 0.05) is 0 Å². The highest BCUT2D eigenvalue weighted by atomic mass is 19.2. The first-order chi connectivity index (χ1) is 20.9. The Morgan fingerprint density at radius 1 is 0.455 bits per heavy atom. The summed E-state index contributed by atoms with van der Waals surface area (Å²) in [6.07, 6.45) is -0.298. The molecule has 0 amide bonds. The summed E-state index contributed by atoms with van der Waals surface area (Å²) in [5, 5.41) is 0. The number of halogens is 5. The van der Waals surface area contributed by atoms with Gasteiger partial charge in [0.2, 0.25) is 34.8 Å². The zero-order valence-electron chi connectivity index (χ0n) is 25.2. The van der Waals surface area contributed by atoms with Crippen LogP contribution in [0.1, 0.15) is 33.6 Å². The molecule has 0 N–H and O–H groups in total. The van der Waals surface area contributed by atoms with Gasteiger partial charge in [-0.2, -0.15) is 8.78 Å². The summed E-state index contributed by atoms with van der Waals surface area (Å²) in [4.78, 5) is 23.1. The van der Waals surface area contributed by atoms with Crippen LogP contribution in [0, 0.1) is 29.1 Å². The highest BCUT2D eigenvalue weighted by molar-refractivity contribution is 5.72. The Bertz CT molecular complexity index is 947. The molecule has 16 heteroatoms. The van der Waals surface area contributed by atoms with Gasteiger partial charge in [-0.1, -0.05) is 0 Å². The molecule has 0 atom stereocenters. The first kappa shape index (κ1) is 39.6. The monoisotopic (exact) mass is 648 g/mol. The molecule has 0 unspecified atom stereocenters. The molecule has 11 nitrogen and oxygen atoms in total. The molecular formula is C28H41F5O11. The van der Waals surface area contributed by atoms with E-state index < -0.39 is 52.8 Å². The summed E-state index contributed by atoms with van der Waals surface area (Å²) in [6.45, 7) is 9.34. The van der Waals surface area contributed by atoms with Crippen molar-refractivity contribution >= 4 is 11.9 Å². The van der Waals surface area contributed by atoms with Crippen molar-refractivity contribution in [1.82, 2.24) is 0 Å². The number of carbonyl (C=O) groups excluding carboxylic acids is 2. The first-order valence-corrected chi connectivity index (χ1v) is 13.9. The molecule has 0 spiro atoms. The predicted octanol–water partition coefficient (Wildman–Crippen LogP) is 3.53. The van der Waals surface area contributed by atoms with E-state index in [0.717, 1.165) is 0 Å². The van der Waals surface area contributed by atoms with E-state index in [0.29, 0.717) is 59.5 Å².